The lowest BCUT2D eigenvalue weighted by molar-refractivity contribution is -0.0636. The Morgan fingerprint density at radius 3 is 2.42 bits per heavy atom. The van der Waals surface area contributed by atoms with E-state index in [0.717, 1.165) is 21.7 Å². The van der Waals surface area contributed by atoms with Gasteiger partial charge in [-0.2, -0.15) is 14.6 Å². The number of nitrogens with one attached hydrogen (secondary N) is 2. The van der Waals surface area contributed by atoms with Crippen molar-refractivity contribution in [2.24, 2.45) is 0 Å². The van der Waals surface area contributed by atoms with Gasteiger partial charge in [0.2, 0.25) is 5.95 Å². The Labute approximate surface area is 247 Å². The Hall–Kier alpha value is -3.44. The minimum atomic E-state index is -5.13. The van der Waals surface area contributed by atoms with Crippen LogP contribution in [0, 0.1) is 0 Å². The van der Waals surface area contributed by atoms with Crippen LogP contribution in [0.4, 0.5) is 5.95 Å². The second-order valence-corrected chi connectivity index (χ2v) is 12.9. The molecule has 7 rings (SSSR count). The second-order valence-electron chi connectivity index (χ2n) is 10.1. The van der Waals surface area contributed by atoms with E-state index in [0.29, 0.717) is 0 Å². The highest BCUT2D eigenvalue weighted by atomic mass is 31.2. The molecule has 3 aliphatic rings. The number of aliphatic hydroxyl groups excluding tert-OH is 2. The fraction of sp³-hybridized carbons (Fsp3) is 0.500. The van der Waals surface area contributed by atoms with Crippen molar-refractivity contribution in [3.8, 4) is 0 Å². The third kappa shape index (κ3) is 5.31. The molecule has 0 spiro atoms. The second kappa shape index (κ2) is 10.8. The SMILES string of the molecule is Nc1nc2c(ncn2[C@@H]2O[C@@H]3COP(=O)(O)O[C@@H]4C(O)[C@H](c5cnn6c(=O)[nH]cnc56)O[C@@H]4COP(=O)(O)O[C@H]2C3O)c(=O)[nH]1. The number of aromatic nitrogens is 8. The summed E-state index contributed by atoms with van der Waals surface area (Å²) in [5, 5.41) is 26.0. The molecule has 0 saturated carbocycles. The molecule has 2 bridgehead atoms. The van der Waals surface area contributed by atoms with Crippen LogP contribution in [-0.4, -0.2) is 109 Å². The van der Waals surface area contributed by atoms with Crippen molar-refractivity contribution in [1.29, 1.82) is 0 Å². The van der Waals surface area contributed by atoms with E-state index in [4.69, 9.17) is 33.3 Å². The Morgan fingerprint density at radius 1 is 0.956 bits per heavy atom. The van der Waals surface area contributed by atoms with Crippen molar-refractivity contribution >= 4 is 38.4 Å². The number of anilines is 1. The van der Waals surface area contributed by atoms with Gasteiger partial charge in [0.05, 0.1) is 32.1 Å². The molecule has 0 aromatic carbocycles. The third-order valence-electron chi connectivity index (χ3n) is 7.33. The van der Waals surface area contributed by atoms with Crippen molar-refractivity contribution in [2.45, 2.75) is 49.0 Å². The molecule has 4 unspecified atom stereocenters. The van der Waals surface area contributed by atoms with Crippen molar-refractivity contribution in [2.75, 3.05) is 18.9 Å². The van der Waals surface area contributed by atoms with Gasteiger partial charge < -0.3 is 35.2 Å². The maximum Gasteiger partial charge on any atom is 0.472 e. The van der Waals surface area contributed by atoms with Gasteiger partial charge in [-0.15, -0.1) is 0 Å². The van der Waals surface area contributed by atoms with Crippen molar-refractivity contribution in [3.05, 3.63) is 45.3 Å². The van der Waals surface area contributed by atoms with Crippen molar-refractivity contribution in [1.82, 2.24) is 39.1 Å². The number of hydrogen-bond donors (Lipinski definition) is 7. The maximum atomic E-state index is 13.2. The number of rotatable bonds is 2. The van der Waals surface area contributed by atoms with E-state index in [1.807, 2.05) is 0 Å². The summed E-state index contributed by atoms with van der Waals surface area (Å²) in [5.41, 5.74) is 4.03. The minimum absolute atomic E-state index is 0.0175. The number of phosphoric ester groups is 2. The molecule has 25 heteroatoms. The minimum Gasteiger partial charge on any atom is -0.387 e. The molecule has 0 aliphatic carbocycles. The van der Waals surface area contributed by atoms with Gasteiger partial charge in [0.1, 0.15) is 42.7 Å². The number of hydrogen-bond acceptors (Lipinski definition) is 17. The zero-order valence-electron chi connectivity index (χ0n) is 22.3. The fourth-order valence-corrected chi connectivity index (χ4v) is 7.23. The fourth-order valence-electron chi connectivity index (χ4n) is 5.33. The van der Waals surface area contributed by atoms with E-state index in [1.54, 1.807) is 0 Å². The summed E-state index contributed by atoms with van der Waals surface area (Å²) < 4.78 is 60.5. The topological polar surface area (TPSA) is 323 Å². The number of nitrogens with two attached hydrogens (primary N) is 1. The molecule has 242 valence electrons. The number of nitrogen functional groups attached to an aromatic ring is 1. The van der Waals surface area contributed by atoms with Gasteiger partial charge in [0, 0.05) is 5.56 Å². The molecule has 23 nitrogen and oxygen atoms in total. The predicted octanol–water partition coefficient (Wildman–Crippen LogP) is -2.79. The third-order valence-corrected chi connectivity index (χ3v) is 9.30. The predicted molar refractivity (Wildman–Crippen MR) is 141 cm³/mol. The number of ether oxygens (including phenoxy) is 2. The number of aliphatic hydroxyl groups is 2. The normalized spacial score (nSPS) is 37.7. The largest absolute Gasteiger partial charge is 0.472 e. The van der Waals surface area contributed by atoms with Crippen molar-refractivity contribution < 1.29 is 56.7 Å². The summed E-state index contributed by atoms with van der Waals surface area (Å²) in [5.74, 6) is -0.292. The highest BCUT2D eigenvalue weighted by molar-refractivity contribution is 7.47. The molecule has 4 aromatic heterocycles. The van der Waals surface area contributed by atoms with Crippen LogP contribution in [0.5, 0.6) is 0 Å². The molecule has 0 radical (unpaired) electrons. The zero-order chi connectivity index (χ0) is 31.8. The van der Waals surface area contributed by atoms with Crippen LogP contribution in [0.2, 0.25) is 0 Å². The lowest BCUT2D eigenvalue weighted by atomic mass is 10.0. The number of fused-ring (bicyclic) bond motifs is 5. The van der Waals surface area contributed by atoms with E-state index in [-0.39, 0.29) is 28.3 Å². The van der Waals surface area contributed by atoms with Crippen LogP contribution in [-0.2, 0) is 36.7 Å². The first-order valence-electron chi connectivity index (χ1n) is 12.9. The van der Waals surface area contributed by atoms with Gasteiger partial charge in [-0.3, -0.25) is 37.4 Å². The van der Waals surface area contributed by atoms with Crippen LogP contribution in [0.25, 0.3) is 16.8 Å². The van der Waals surface area contributed by atoms with E-state index in [9.17, 15) is 38.7 Å². The summed E-state index contributed by atoms with van der Waals surface area (Å²) in [4.78, 5) is 62.1. The Morgan fingerprint density at radius 2 is 1.67 bits per heavy atom. The van der Waals surface area contributed by atoms with Gasteiger partial charge in [-0.1, -0.05) is 0 Å². The Balaban J connectivity index is 1.21. The molecule has 3 aliphatic heterocycles. The first kappa shape index (κ1) is 30.2. The average Bonchev–Trinajstić information content (AvgIpc) is 3.72. The lowest BCUT2D eigenvalue weighted by Gasteiger charge is -2.25. The number of imidazole rings is 1. The summed E-state index contributed by atoms with van der Waals surface area (Å²) in [6, 6.07) is 0. The number of nitrogens with zero attached hydrogens (tertiary/aromatic N) is 6. The smallest absolute Gasteiger partial charge is 0.387 e. The van der Waals surface area contributed by atoms with E-state index in [1.165, 1.54) is 6.20 Å². The quantitative estimate of drug-likeness (QED) is 0.106. The molecular weight excluding hydrogens is 652 g/mol. The maximum absolute atomic E-state index is 13.2. The molecule has 7 heterocycles. The van der Waals surface area contributed by atoms with Gasteiger partial charge >= 0.3 is 21.3 Å². The summed E-state index contributed by atoms with van der Waals surface area (Å²) >= 11 is 0. The highest BCUT2D eigenvalue weighted by Crippen LogP contribution is 2.54. The first-order valence-corrected chi connectivity index (χ1v) is 15.9. The number of H-pyrrole nitrogens is 2. The molecule has 45 heavy (non-hydrogen) atoms. The van der Waals surface area contributed by atoms with Crippen LogP contribution >= 0.6 is 15.6 Å². The van der Waals surface area contributed by atoms with Crippen LogP contribution < -0.4 is 17.0 Å². The standard InChI is InChI=1S/C20H23N9O14P2/c21-19-26-16-9(17(32)27-19)24-5-28(16)18-14-10(30)7(41-18)2-38-44(34,35)42-13-8(3-39-45(36,37)43-14)40-12(11(13)31)6-1-25-29-15(6)22-4-23-20(29)33/h1,4-5,7-8,10-14,18,30-31H,2-3H2,(H,34,35)(H,36,37)(H,22,23,33)(H3,21,26,27,32)/t7-,8-,10?,11?,12+,13+,14+,18-/m1/s1. The number of phosphoric acid groups is 2. The molecule has 3 saturated heterocycles. The van der Waals surface area contributed by atoms with Gasteiger partial charge in [0.15, 0.2) is 23.0 Å². The first-order chi connectivity index (χ1) is 21.3. The molecule has 8 N–H and O–H groups in total. The molecule has 10 atom stereocenters. The Kier molecular flexibility index (Phi) is 7.27. The van der Waals surface area contributed by atoms with E-state index >= 15 is 0 Å². The molecule has 0 amide bonds. The van der Waals surface area contributed by atoms with Gasteiger partial charge in [-0.05, 0) is 0 Å². The van der Waals surface area contributed by atoms with E-state index < -0.39 is 89.1 Å². The highest BCUT2D eigenvalue weighted by Gasteiger charge is 2.54. The molecular formula is C20H23N9O14P2. The van der Waals surface area contributed by atoms with Crippen LogP contribution in [0.15, 0.2) is 28.4 Å². The lowest BCUT2D eigenvalue weighted by Crippen LogP contribution is -2.36. The summed E-state index contributed by atoms with van der Waals surface area (Å²) in [7, 11) is -10.2. The average molecular weight is 675 g/mol. The zero-order valence-corrected chi connectivity index (χ0v) is 24.1. The number of aromatic amines is 2. The summed E-state index contributed by atoms with van der Waals surface area (Å²) in [6.07, 6.45) is -9.48. The Bertz CT molecular complexity index is 2000. The molecule has 3 fully saturated rings. The molecule has 4 aromatic rings. The van der Waals surface area contributed by atoms with Crippen molar-refractivity contribution in [3.63, 3.8) is 0 Å². The van der Waals surface area contributed by atoms with Gasteiger partial charge in [-0.25, -0.2) is 23.9 Å². The monoisotopic (exact) mass is 675 g/mol. The van der Waals surface area contributed by atoms with Gasteiger partial charge in [0.25, 0.3) is 5.56 Å². The summed E-state index contributed by atoms with van der Waals surface area (Å²) in [6.45, 7) is -1.69. The van der Waals surface area contributed by atoms with Crippen LogP contribution in [0.1, 0.15) is 17.9 Å². The van der Waals surface area contributed by atoms with E-state index in [2.05, 4.69) is 30.0 Å². The van der Waals surface area contributed by atoms with Crippen LogP contribution in [0.3, 0.4) is 0 Å².